The molecule has 0 radical (unpaired) electrons. The van der Waals surface area contributed by atoms with Crippen LogP contribution in [0.5, 0.6) is 0 Å². The number of benzene rings is 6. The maximum atomic E-state index is 2.48. The molecule has 0 heterocycles. The first kappa shape index (κ1) is 36.9. The van der Waals surface area contributed by atoms with Crippen LogP contribution in [0.2, 0.25) is 0 Å². The predicted octanol–water partition coefficient (Wildman–Crippen LogP) is 15.5. The van der Waals surface area contributed by atoms with Gasteiger partial charge in [0.2, 0.25) is 0 Å². The molecule has 280 valence electrons. The van der Waals surface area contributed by atoms with Crippen molar-refractivity contribution in [2.24, 2.45) is 5.92 Å². The van der Waals surface area contributed by atoms with Crippen LogP contribution >= 0.6 is 0 Å². The first-order chi connectivity index (χ1) is 26.4. The van der Waals surface area contributed by atoms with Crippen LogP contribution in [0, 0.1) is 5.92 Å². The summed E-state index contributed by atoms with van der Waals surface area (Å²) >= 11 is 0. The van der Waals surface area contributed by atoms with Gasteiger partial charge < -0.3 is 9.80 Å². The van der Waals surface area contributed by atoms with Gasteiger partial charge in [0.15, 0.2) is 0 Å². The molecule has 0 N–H and O–H groups in total. The van der Waals surface area contributed by atoms with Gasteiger partial charge in [0.25, 0.3) is 0 Å². The minimum absolute atomic E-state index is 0.142. The van der Waals surface area contributed by atoms with Gasteiger partial charge in [-0.25, -0.2) is 0 Å². The molecule has 2 aliphatic carbocycles. The highest BCUT2D eigenvalue weighted by molar-refractivity contribution is 5.81. The van der Waals surface area contributed by atoms with Gasteiger partial charge in [-0.2, -0.15) is 0 Å². The summed E-state index contributed by atoms with van der Waals surface area (Å²) in [5.74, 6) is 1.24. The van der Waals surface area contributed by atoms with E-state index in [1.165, 1.54) is 81.8 Å². The number of fused-ring (bicyclic) bond motifs is 2. The molecule has 2 heteroatoms. The third-order valence-corrected chi connectivity index (χ3v) is 13.2. The lowest BCUT2D eigenvalue weighted by molar-refractivity contribution is 0.283. The monoisotopic (exact) mass is 722 g/mol. The van der Waals surface area contributed by atoms with Crippen molar-refractivity contribution in [2.45, 2.75) is 103 Å². The molecule has 2 aliphatic rings. The van der Waals surface area contributed by atoms with Crippen molar-refractivity contribution in [3.8, 4) is 11.1 Å². The molecule has 2 unspecified atom stereocenters. The highest BCUT2D eigenvalue weighted by atomic mass is 15.1. The fourth-order valence-corrected chi connectivity index (χ4v) is 9.75. The number of para-hydroxylation sites is 2. The lowest BCUT2D eigenvalue weighted by atomic mass is 9.63. The van der Waals surface area contributed by atoms with Crippen molar-refractivity contribution in [2.75, 3.05) is 9.80 Å². The highest BCUT2D eigenvalue weighted by Gasteiger charge is 2.38. The molecule has 0 aromatic heterocycles. The Bertz CT molecular complexity index is 2260. The van der Waals surface area contributed by atoms with Crippen molar-refractivity contribution < 1.29 is 0 Å². The number of rotatable bonds is 8. The van der Waals surface area contributed by atoms with E-state index in [9.17, 15) is 0 Å². The maximum absolute atomic E-state index is 2.48. The van der Waals surface area contributed by atoms with Gasteiger partial charge in [-0.15, -0.1) is 0 Å². The highest BCUT2D eigenvalue weighted by Crippen LogP contribution is 2.50. The molecule has 0 spiro atoms. The fourth-order valence-electron chi connectivity index (χ4n) is 9.75. The van der Waals surface area contributed by atoms with Crippen LogP contribution in [-0.4, -0.2) is 0 Å². The SMILES string of the molecule is CCC1CC(C)(C)c2ccc(N(c3ccccc3)c3ccc(-c4ccc(N(c5ccccc5)c5ccc6c(c5)C(C)(C)CCC6(C)C)cc4)cc3)cc2C1C. The Labute approximate surface area is 330 Å². The topological polar surface area (TPSA) is 6.48 Å². The maximum Gasteiger partial charge on any atom is 0.0464 e. The Kier molecular flexibility index (Phi) is 9.53. The number of hydrogen-bond donors (Lipinski definition) is 0. The molecule has 6 aromatic carbocycles. The zero-order valence-electron chi connectivity index (χ0n) is 34.2. The molecule has 0 amide bonds. The number of hydrogen-bond acceptors (Lipinski definition) is 2. The van der Waals surface area contributed by atoms with Crippen LogP contribution in [0.3, 0.4) is 0 Å². The summed E-state index contributed by atoms with van der Waals surface area (Å²) in [7, 11) is 0. The molecule has 2 atom stereocenters. The minimum Gasteiger partial charge on any atom is -0.310 e. The Balaban J connectivity index is 1.13. The van der Waals surface area contributed by atoms with E-state index in [-0.39, 0.29) is 16.2 Å². The van der Waals surface area contributed by atoms with Gasteiger partial charge in [-0.3, -0.25) is 0 Å². The van der Waals surface area contributed by atoms with E-state index < -0.39 is 0 Å². The average Bonchev–Trinajstić information content (AvgIpc) is 3.20. The number of anilines is 6. The van der Waals surface area contributed by atoms with Crippen molar-refractivity contribution in [3.63, 3.8) is 0 Å². The van der Waals surface area contributed by atoms with E-state index >= 15 is 0 Å². The van der Waals surface area contributed by atoms with E-state index in [1.54, 1.807) is 0 Å². The lowest BCUT2D eigenvalue weighted by Gasteiger charge is -2.42. The minimum atomic E-state index is 0.142. The Hall–Kier alpha value is -5.08. The van der Waals surface area contributed by atoms with Crippen LogP contribution in [0.4, 0.5) is 34.1 Å². The van der Waals surface area contributed by atoms with Crippen LogP contribution in [-0.2, 0) is 16.2 Å². The number of nitrogens with zero attached hydrogens (tertiary/aromatic N) is 2. The van der Waals surface area contributed by atoms with E-state index in [0.717, 1.165) is 11.4 Å². The van der Waals surface area contributed by atoms with Crippen molar-refractivity contribution in [3.05, 3.63) is 168 Å². The lowest BCUT2D eigenvalue weighted by Crippen LogP contribution is -2.34. The first-order valence-electron chi connectivity index (χ1n) is 20.6. The van der Waals surface area contributed by atoms with Crippen LogP contribution < -0.4 is 9.80 Å². The largest absolute Gasteiger partial charge is 0.310 e. The molecular weight excluding hydrogens is 665 g/mol. The zero-order chi connectivity index (χ0) is 38.5. The summed E-state index contributed by atoms with van der Waals surface area (Å²) in [5, 5.41) is 0. The Morgan fingerprint density at radius 2 is 0.873 bits per heavy atom. The summed E-state index contributed by atoms with van der Waals surface area (Å²) in [6.07, 6.45) is 4.88. The third-order valence-electron chi connectivity index (χ3n) is 13.2. The van der Waals surface area contributed by atoms with Gasteiger partial charge >= 0.3 is 0 Å². The Morgan fingerprint density at radius 3 is 1.36 bits per heavy atom. The van der Waals surface area contributed by atoms with Crippen LogP contribution in [0.25, 0.3) is 11.1 Å². The van der Waals surface area contributed by atoms with E-state index in [1.807, 2.05) is 0 Å². The molecule has 0 bridgehead atoms. The van der Waals surface area contributed by atoms with Gasteiger partial charge in [0.05, 0.1) is 0 Å². The Morgan fingerprint density at radius 1 is 0.455 bits per heavy atom. The smallest absolute Gasteiger partial charge is 0.0464 e. The van der Waals surface area contributed by atoms with Crippen LogP contribution in [0.1, 0.15) is 109 Å². The molecule has 0 aliphatic heterocycles. The van der Waals surface area contributed by atoms with E-state index in [4.69, 9.17) is 0 Å². The van der Waals surface area contributed by atoms with Crippen molar-refractivity contribution in [1.29, 1.82) is 0 Å². The van der Waals surface area contributed by atoms with E-state index in [2.05, 4.69) is 211 Å². The molecule has 0 saturated heterocycles. The normalized spacial score (nSPS) is 19.2. The standard InChI is InChI=1S/C53H58N2/c1-9-38-36-53(7,8)48-30-28-45(34-47(48)37(38)2)54(41-16-12-10-13-17-41)43-24-20-39(21-25-43)40-22-26-44(27-23-40)55(42-18-14-11-15-19-42)46-29-31-49-50(35-46)52(5,6)33-32-51(49,3)4/h10-31,34-35,37-38H,9,32-33,36H2,1-8H3. The zero-order valence-corrected chi connectivity index (χ0v) is 34.2. The first-order valence-corrected chi connectivity index (χ1v) is 20.6. The van der Waals surface area contributed by atoms with Crippen molar-refractivity contribution in [1.82, 2.24) is 0 Å². The molecule has 0 fully saturated rings. The fraction of sp³-hybridized carbons (Fsp3) is 0.321. The van der Waals surface area contributed by atoms with Gasteiger partial charge in [0.1, 0.15) is 0 Å². The molecular formula is C53H58N2. The third kappa shape index (κ3) is 6.90. The summed E-state index contributed by atoms with van der Waals surface area (Å²) in [6, 6.07) is 54.2. The van der Waals surface area contributed by atoms with Gasteiger partial charge in [-0.05, 0) is 154 Å². The second kappa shape index (κ2) is 14.2. The van der Waals surface area contributed by atoms with Gasteiger partial charge in [0, 0.05) is 34.1 Å². The summed E-state index contributed by atoms with van der Waals surface area (Å²) < 4.78 is 0. The summed E-state index contributed by atoms with van der Waals surface area (Å²) in [4.78, 5) is 4.83. The molecule has 55 heavy (non-hydrogen) atoms. The van der Waals surface area contributed by atoms with E-state index in [0.29, 0.717) is 11.8 Å². The predicted molar refractivity (Wildman–Crippen MR) is 236 cm³/mol. The average molecular weight is 723 g/mol. The van der Waals surface area contributed by atoms with Gasteiger partial charge in [-0.1, -0.05) is 135 Å². The molecule has 2 nitrogen and oxygen atoms in total. The quantitative estimate of drug-likeness (QED) is 0.154. The summed E-state index contributed by atoms with van der Waals surface area (Å²) in [6.45, 7) is 19.3. The molecule has 0 saturated carbocycles. The summed E-state index contributed by atoms with van der Waals surface area (Å²) in [5.41, 5.74) is 16.0. The van der Waals surface area contributed by atoms with Crippen molar-refractivity contribution >= 4 is 34.1 Å². The molecule has 8 rings (SSSR count). The van der Waals surface area contributed by atoms with Crippen LogP contribution in [0.15, 0.2) is 146 Å². The molecule has 6 aromatic rings. The second-order valence-electron chi connectivity index (χ2n) is 18.2. The second-order valence-corrected chi connectivity index (χ2v) is 18.2.